The third-order valence-corrected chi connectivity index (χ3v) is 5.51. The number of aliphatic imine (C=N–C) groups is 1. The standard InChI is InChI=1S/C18H27N5O4S/c1-18(2,3)16(25)23-9-7-22(8-10-23)13-6-5-12(15(24)21-17(19)20)11-14(13)28(4,26)27/h5-6,11H,7-10H2,1-4H3,(H4,19,20,21,24). The second-order valence-electron chi connectivity index (χ2n) is 7.83. The number of amides is 2. The number of anilines is 1. The van der Waals surface area contributed by atoms with Crippen molar-refractivity contribution in [3.63, 3.8) is 0 Å². The van der Waals surface area contributed by atoms with E-state index in [4.69, 9.17) is 11.5 Å². The van der Waals surface area contributed by atoms with Crippen LogP contribution in [0.15, 0.2) is 28.1 Å². The molecule has 10 heteroatoms. The zero-order valence-corrected chi connectivity index (χ0v) is 17.4. The Hall–Kier alpha value is -2.62. The topological polar surface area (TPSA) is 139 Å². The fourth-order valence-corrected chi connectivity index (χ4v) is 3.93. The maximum Gasteiger partial charge on any atom is 0.280 e. The number of carbonyl (C=O) groups is 2. The molecule has 0 unspecified atom stereocenters. The summed E-state index contributed by atoms with van der Waals surface area (Å²) in [7, 11) is -3.61. The molecule has 1 aromatic carbocycles. The number of piperazine rings is 1. The molecule has 0 aromatic heterocycles. The Balaban J connectivity index is 2.31. The smallest absolute Gasteiger partial charge is 0.280 e. The van der Waals surface area contributed by atoms with Crippen molar-refractivity contribution in [2.75, 3.05) is 37.3 Å². The van der Waals surface area contributed by atoms with Crippen LogP contribution >= 0.6 is 0 Å². The lowest BCUT2D eigenvalue weighted by molar-refractivity contribution is -0.139. The predicted molar refractivity (Wildman–Crippen MR) is 108 cm³/mol. The Labute approximate surface area is 165 Å². The van der Waals surface area contributed by atoms with Crippen LogP contribution in [0.2, 0.25) is 0 Å². The number of carbonyl (C=O) groups excluding carboxylic acids is 2. The fraction of sp³-hybridized carbons (Fsp3) is 0.500. The lowest BCUT2D eigenvalue weighted by atomic mass is 9.94. The van der Waals surface area contributed by atoms with Gasteiger partial charge in [0.25, 0.3) is 5.91 Å². The van der Waals surface area contributed by atoms with Crippen molar-refractivity contribution in [3.05, 3.63) is 23.8 Å². The molecule has 1 aromatic rings. The van der Waals surface area contributed by atoms with Gasteiger partial charge >= 0.3 is 0 Å². The van der Waals surface area contributed by atoms with Crippen LogP contribution in [-0.4, -0.2) is 63.5 Å². The Morgan fingerprint density at radius 3 is 2.11 bits per heavy atom. The maximum absolute atomic E-state index is 12.4. The van der Waals surface area contributed by atoms with Crippen molar-refractivity contribution < 1.29 is 18.0 Å². The van der Waals surface area contributed by atoms with E-state index in [-0.39, 0.29) is 16.4 Å². The summed E-state index contributed by atoms with van der Waals surface area (Å²) in [6.07, 6.45) is 1.08. The summed E-state index contributed by atoms with van der Waals surface area (Å²) in [4.78, 5) is 31.6. The van der Waals surface area contributed by atoms with E-state index in [0.717, 1.165) is 6.26 Å². The number of sulfone groups is 1. The van der Waals surface area contributed by atoms with Gasteiger partial charge < -0.3 is 21.3 Å². The number of nitrogens with zero attached hydrogens (tertiary/aromatic N) is 3. The van der Waals surface area contributed by atoms with Gasteiger partial charge in [-0.1, -0.05) is 20.8 Å². The van der Waals surface area contributed by atoms with Gasteiger partial charge in [-0.3, -0.25) is 9.59 Å². The first-order valence-electron chi connectivity index (χ1n) is 8.83. The Morgan fingerprint density at radius 2 is 1.64 bits per heavy atom. The van der Waals surface area contributed by atoms with E-state index in [1.54, 1.807) is 11.0 Å². The molecule has 28 heavy (non-hydrogen) atoms. The number of nitrogens with two attached hydrogens (primary N) is 2. The highest BCUT2D eigenvalue weighted by atomic mass is 32.2. The molecule has 4 N–H and O–H groups in total. The summed E-state index contributed by atoms with van der Waals surface area (Å²) in [6.45, 7) is 7.58. The van der Waals surface area contributed by atoms with Crippen LogP contribution < -0.4 is 16.4 Å². The van der Waals surface area contributed by atoms with Crippen molar-refractivity contribution in [1.82, 2.24) is 4.90 Å². The number of guanidine groups is 1. The highest BCUT2D eigenvalue weighted by Gasteiger charge is 2.31. The van der Waals surface area contributed by atoms with Crippen molar-refractivity contribution in [1.29, 1.82) is 0 Å². The third-order valence-electron chi connectivity index (χ3n) is 4.39. The SMILES string of the molecule is CC(C)(C)C(=O)N1CCN(c2ccc(C(=O)N=C(N)N)cc2S(C)(=O)=O)CC1. The Bertz CT molecular complexity index is 906. The van der Waals surface area contributed by atoms with Gasteiger partial charge in [0.05, 0.1) is 10.6 Å². The van der Waals surface area contributed by atoms with Crippen LogP contribution in [0.1, 0.15) is 31.1 Å². The largest absolute Gasteiger partial charge is 0.370 e. The monoisotopic (exact) mass is 409 g/mol. The molecule has 1 heterocycles. The lowest BCUT2D eigenvalue weighted by Gasteiger charge is -2.39. The molecular weight excluding hydrogens is 382 g/mol. The van der Waals surface area contributed by atoms with Crippen molar-refractivity contribution in [2.24, 2.45) is 21.9 Å². The van der Waals surface area contributed by atoms with Crippen LogP contribution in [-0.2, 0) is 14.6 Å². The van der Waals surface area contributed by atoms with E-state index in [0.29, 0.717) is 31.9 Å². The first-order chi connectivity index (χ1) is 12.8. The van der Waals surface area contributed by atoms with Crippen molar-refractivity contribution >= 4 is 33.3 Å². The molecular formula is C18H27N5O4S. The second kappa shape index (κ2) is 7.78. The van der Waals surface area contributed by atoms with Gasteiger partial charge in [-0.2, -0.15) is 4.99 Å². The zero-order valence-electron chi connectivity index (χ0n) is 16.6. The van der Waals surface area contributed by atoms with Crippen molar-refractivity contribution in [2.45, 2.75) is 25.7 Å². The molecule has 1 saturated heterocycles. The van der Waals surface area contributed by atoms with Crippen LogP contribution in [0.3, 0.4) is 0 Å². The van der Waals surface area contributed by atoms with Gasteiger partial charge in [-0.15, -0.1) is 0 Å². The third kappa shape index (κ3) is 5.00. The minimum Gasteiger partial charge on any atom is -0.370 e. The highest BCUT2D eigenvalue weighted by molar-refractivity contribution is 7.90. The summed E-state index contributed by atoms with van der Waals surface area (Å²) in [5.41, 5.74) is 10.5. The highest BCUT2D eigenvalue weighted by Crippen LogP contribution is 2.29. The molecule has 1 fully saturated rings. The van der Waals surface area contributed by atoms with E-state index < -0.39 is 27.1 Å². The number of hydrogen-bond acceptors (Lipinski definition) is 5. The zero-order chi connectivity index (χ0) is 21.3. The van der Waals surface area contributed by atoms with Gasteiger partial charge in [0.2, 0.25) is 5.91 Å². The number of hydrogen-bond donors (Lipinski definition) is 2. The van der Waals surface area contributed by atoms with Gasteiger partial charge in [0.15, 0.2) is 15.8 Å². The van der Waals surface area contributed by atoms with E-state index in [1.807, 2.05) is 25.7 Å². The van der Waals surface area contributed by atoms with Gasteiger partial charge in [0.1, 0.15) is 0 Å². The first kappa shape index (κ1) is 21.7. The summed E-state index contributed by atoms with van der Waals surface area (Å²) < 4.78 is 24.6. The fourth-order valence-electron chi connectivity index (χ4n) is 3.01. The van der Waals surface area contributed by atoms with Gasteiger partial charge in [0, 0.05) is 43.4 Å². The molecule has 1 aliphatic heterocycles. The molecule has 1 aliphatic rings. The first-order valence-corrected chi connectivity index (χ1v) is 10.7. The molecule has 2 amide bonds. The lowest BCUT2D eigenvalue weighted by Crippen LogP contribution is -2.51. The average Bonchev–Trinajstić information content (AvgIpc) is 2.58. The van der Waals surface area contributed by atoms with Gasteiger partial charge in [-0.25, -0.2) is 8.42 Å². The number of benzene rings is 1. The minimum atomic E-state index is -3.61. The molecule has 2 rings (SSSR count). The summed E-state index contributed by atoms with van der Waals surface area (Å²) >= 11 is 0. The van der Waals surface area contributed by atoms with Gasteiger partial charge in [-0.05, 0) is 18.2 Å². The second-order valence-corrected chi connectivity index (χ2v) is 9.81. The maximum atomic E-state index is 12.4. The molecule has 0 atom stereocenters. The molecule has 0 spiro atoms. The van der Waals surface area contributed by atoms with Crippen LogP contribution in [0.5, 0.6) is 0 Å². The normalized spacial score (nSPS) is 15.3. The molecule has 0 radical (unpaired) electrons. The summed E-state index contributed by atoms with van der Waals surface area (Å²) in [5.74, 6) is -1.04. The molecule has 0 bridgehead atoms. The summed E-state index contributed by atoms with van der Waals surface area (Å²) in [6, 6.07) is 4.35. The predicted octanol–water partition coefficient (Wildman–Crippen LogP) is 0.198. The van der Waals surface area contributed by atoms with E-state index >= 15 is 0 Å². The molecule has 0 saturated carbocycles. The van der Waals surface area contributed by atoms with Crippen LogP contribution in [0.4, 0.5) is 5.69 Å². The number of rotatable bonds is 3. The van der Waals surface area contributed by atoms with Crippen molar-refractivity contribution in [3.8, 4) is 0 Å². The Kier molecular flexibility index (Phi) is 6.03. The summed E-state index contributed by atoms with van der Waals surface area (Å²) in [5, 5.41) is 0. The van der Waals surface area contributed by atoms with E-state index in [2.05, 4.69) is 4.99 Å². The van der Waals surface area contributed by atoms with E-state index in [9.17, 15) is 18.0 Å². The quantitative estimate of drug-likeness (QED) is 0.537. The van der Waals surface area contributed by atoms with Crippen LogP contribution in [0.25, 0.3) is 0 Å². The molecule has 9 nitrogen and oxygen atoms in total. The van der Waals surface area contributed by atoms with Crippen LogP contribution in [0, 0.1) is 5.41 Å². The minimum absolute atomic E-state index is 0.0275. The van der Waals surface area contributed by atoms with E-state index in [1.165, 1.54) is 12.1 Å². The average molecular weight is 410 g/mol. The molecule has 0 aliphatic carbocycles. The molecule has 154 valence electrons. The Morgan fingerprint density at radius 1 is 1.07 bits per heavy atom.